The molecule has 0 radical (unpaired) electrons. The van der Waals surface area contributed by atoms with Gasteiger partial charge in [-0.3, -0.25) is 14.5 Å². The monoisotopic (exact) mass is 226 g/mol. The first-order valence-electron chi connectivity index (χ1n) is 6.11. The molecular formula is C12H22N2O2. The Morgan fingerprint density at radius 2 is 1.69 bits per heavy atom. The molecule has 0 saturated carbocycles. The predicted molar refractivity (Wildman–Crippen MR) is 62.6 cm³/mol. The molecule has 1 fully saturated rings. The number of nitrogens with two attached hydrogens (primary N) is 1. The van der Waals surface area contributed by atoms with Gasteiger partial charge in [0.1, 0.15) is 0 Å². The van der Waals surface area contributed by atoms with Gasteiger partial charge in [-0.2, -0.15) is 0 Å². The van der Waals surface area contributed by atoms with E-state index in [1.807, 2.05) is 0 Å². The molecule has 2 N–H and O–H groups in total. The first-order chi connectivity index (χ1) is 7.56. The SMILES string of the molecule is CC(C)CC(CN)N1C(=O)CCCCC1=O. The van der Waals surface area contributed by atoms with Crippen molar-refractivity contribution in [1.29, 1.82) is 0 Å². The number of carbonyl (C=O) groups is 2. The molecule has 0 aromatic rings. The Labute approximate surface area is 97.2 Å². The Morgan fingerprint density at radius 1 is 1.19 bits per heavy atom. The Bertz CT molecular complexity index is 246. The van der Waals surface area contributed by atoms with Crippen molar-refractivity contribution in [1.82, 2.24) is 4.90 Å². The lowest BCUT2D eigenvalue weighted by atomic mass is 10.0. The quantitative estimate of drug-likeness (QED) is 0.735. The highest BCUT2D eigenvalue weighted by Gasteiger charge is 2.30. The summed E-state index contributed by atoms with van der Waals surface area (Å²) < 4.78 is 0. The lowest BCUT2D eigenvalue weighted by molar-refractivity contribution is -0.146. The molecule has 0 spiro atoms. The van der Waals surface area contributed by atoms with Crippen LogP contribution in [0.3, 0.4) is 0 Å². The highest BCUT2D eigenvalue weighted by molar-refractivity contribution is 5.96. The lowest BCUT2D eigenvalue weighted by Gasteiger charge is -2.29. The molecule has 4 nitrogen and oxygen atoms in total. The normalized spacial score (nSPS) is 20.1. The van der Waals surface area contributed by atoms with E-state index < -0.39 is 0 Å². The molecular weight excluding hydrogens is 204 g/mol. The van der Waals surface area contributed by atoms with Crippen LogP contribution in [0.5, 0.6) is 0 Å². The molecule has 1 heterocycles. The van der Waals surface area contributed by atoms with Crippen molar-refractivity contribution < 1.29 is 9.59 Å². The lowest BCUT2D eigenvalue weighted by Crippen LogP contribution is -2.47. The third-order valence-corrected chi connectivity index (χ3v) is 2.95. The minimum atomic E-state index is -0.113. The number of imide groups is 1. The van der Waals surface area contributed by atoms with Gasteiger partial charge in [-0.25, -0.2) is 0 Å². The highest BCUT2D eigenvalue weighted by atomic mass is 16.2. The molecule has 0 bridgehead atoms. The zero-order chi connectivity index (χ0) is 12.1. The Kier molecular flexibility index (Phi) is 4.93. The van der Waals surface area contributed by atoms with E-state index in [1.54, 1.807) is 0 Å². The second-order valence-corrected chi connectivity index (χ2v) is 4.88. The van der Waals surface area contributed by atoms with Crippen LogP contribution in [0.4, 0.5) is 0 Å². The molecule has 2 amide bonds. The Morgan fingerprint density at radius 3 is 2.06 bits per heavy atom. The Balaban J connectivity index is 2.77. The number of amides is 2. The van der Waals surface area contributed by atoms with E-state index in [-0.39, 0.29) is 17.9 Å². The summed E-state index contributed by atoms with van der Waals surface area (Å²) in [5.41, 5.74) is 5.68. The number of hydrogen-bond acceptors (Lipinski definition) is 3. The first-order valence-corrected chi connectivity index (χ1v) is 6.11. The van der Waals surface area contributed by atoms with E-state index >= 15 is 0 Å². The third-order valence-electron chi connectivity index (χ3n) is 2.95. The average molecular weight is 226 g/mol. The summed E-state index contributed by atoms with van der Waals surface area (Å²) in [6, 6.07) is -0.113. The Hall–Kier alpha value is -0.900. The number of likely N-dealkylation sites (tertiary alicyclic amines) is 1. The molecule has 0 aliphatic carbocycles. The van der Waals surface area contributed by atoms with Crippen molar-refractivity contribution in [2.24, 2.45) is 11.7 Å². The van der Waals surface area contributed by atoms with Crippen LogP contribution < -0.4 is 5.73 Å². The molecule has 1 saturated heterocycles. The van der Waals surface area contributed by atoms with Crippen LogP contribution in [0.1, 0.15) is 46.0 Å². The van der Waals surface area contributed by atoms with Crippen molar-refractivity contribution in [2.75, 3.05) is 6.54 Å². The number of nitrogens with zero attached hydrogens (tertiary/aromatic N) is 1. The van der Waals surface area contributed by atoms with E-state index in [2.05, 4.69) is 13.8 Å². The molecule has 0 aromatic heterocycles. The topological polar surface area (TPSA) is 63.4 Å². The fourth-order valence-corrected chi connectivity index (χ4v) is 2.19. The van der Waals surface area contributed by atoms with Gasteiger partial charge in [-0.1, -0.05) is 13.8 Å². The van der Waals surface area contributed by atoms with E-state index in [0.29, 0.717) is 25.3 Å². The van der Waals surface area contributed by atoms with Crippen LogP contribution in [0.2, 0.25) is 0 Å². The van der Waals surface area contributed by atoms with Crippen molar-refractivity contribution >= 4 is 11.8 Å². The van der Waals surface area contributed by atoms with E-state index in [1.165, 1.54) is 4.90 Å². The number of hydrogen-bond donors (Lipinski definition) is 1. The van der Waals surface area contributed by atoms with Gasteiger partial charge in [-0.05, 0) is 25.2 Å². The van der Waals surface area contributed by atoms with Crippen molar-refractivity contribution in [3.05, 3.63) is 0 Å². The molecule has 1 aliphatic rings. The maximum Gasteiger partial charge on any atom is 0.229 e. The van der Waals surface area contributed by atoms with Gasteiger partial charge < -0.3 is 5.73 Å². The first kappa shape index (κ1) is 13.2. The third kappa shape index (κ3) is 3.30. The van der Waals surface area contributed by atoms with Gasteiger partial charge in [0.25, 0.3) is 0 Å². The predicted octanol–water partition coefficient (Wildman–Crippen LogP) is 1.29. The van der Waals surface area contributed by atoms with Crippen LogP contribution in [-0.4, -0.2) is 29.3 Å². The summed E-state index contributed by atoms with van der Waals surface area (Å²) in [5.74, 6) is 0.356. The number of carbonyl (C=O) groups excluding carboxylic acids is 2. The minimum absolute atomic E-state index is 0.0430. The average Bonchev–Trinajstić information content (AvgIpc) is 2.37. The largest absolute Gasteiger partial charge is 0.328 e. The summed E-state index contributed by atoms with van der Waals surface area (Å²) in [6.45, 7) is 4.53. The van der Waals surface area contributed by atoms with E-state index in [0.717, 1.165) is 19.3 Å². The van der Waals surface area contributed by atoms with E-state index in [4.69, 9.17) is 5.73 Å². The van der Waals surface area contributed by atoms with Gasteiger partial charge in [0, 0.05) is 19.4 Å². The standard InChI is InChI=1S/C12H22N2O2/c1-9(2)7-10(8-13)14-11(15)5-3-4-6-12(14)16/h9-10H,3-8,13H2,1-2H3. The van der Waals surface area contributed by atoms with Gasteiger partial charge >= 0.3 is 0 Å². The van der Waals surface area contributed by atoms with Gasteiger partial charge in [0.2, 0.25) is 11.8 Å². The van der Waals surface area contributed by atoms with Crippen LogP contribution in [0.15, 0.2) is 0 Å². The summed E-state index contributed by atoms with van der Waals surface area (Å²) in [5, 5.41) is 0. The van der Waals surface area contributed by atoms with Gasteiger partial charge in [0.15, 0.2) is 0 Å². The molecule has 16 heavy (non-hydrogen) atoms. The maximum absolute atomic E-state index is 11.9. The van der Waals surface area contributed by atoms with Crippen molar-refractivity contribution in [3.8, 4) is 0 Å². The summed E-state index contributed by atoms with van der Waals surface area (Å²) >= 11 is 0. The number of rotatable bonds is 4. The molecule has 1 rings (SSSR count). The van der Waals surface area contributed by atoms with Crippen LogP contribution in [0.25, 0.3) is 0 Å². The van der Waals surface area contributed by atoms with Crippen LogP contribution >= 0.6 is 0 Å². The second-order valence-electron chi connectivity index (χ2n) is 4.88. The smallest absolute Gasteiger partial charge is 0.229 e. The van der Waals surface area contributed by atoms with Crippen LogP contribution in [0, 0.1) is 5.92 Å². The summed E-state index contributed by atoms with van der Waals surface area (Å²) in [6.07, 6.45) is 3.41. The van der Waals surface area contributed by atoms with Crippen molar-refractivity contribution in [2.45, 2.75) is 52.0 Å². The van der Waals surface area contributed by atoms with Gasteiger partial charge in [-0.15, -0.1) is 0 Å². The van der Waals surface area contributed by atoms with Crippen LogP contribution in [-0.2, 0) is 9.59 Å². The van der Waals surface area contributed by atoms with Crippen molar-refractivity contribution in [3.63, 3.8) is 0 Å². The zero-order valence-corrected chi connectivity index (χ0v) is 10.2. The highest BCUT2D eigenvalue weighted by Crippen LogP contribution is 2.18. The summed E-state index contributed by atoms with van der Waals surface area (Å²) in [4.78, 5) is 25.1. The molecule has 0 aromatic carbocycles. The van der Waals surface area contributed by atoms with Gasteiger partial charge in [0.05, 0.1) is 6.04 Å². The minimum Gasteiger partial charge on any atom is -0.328 e. The molecule has 92 valence electrons. The summed E-state index contributed by atoms with van der Waals surface area (Å²) in [7, 11) is 0. The zero-order valence-electron chi connectivity index (χ0n) is 10.2. The fraction of sp³-hybridized carbons (Fsp3) is 0.833. The molecule has 1 aliphatic heterocycles. The molecule has 4 heteroatoms. The fourth-order valence-electron chi connectivity index (χ4n) is 2.19. The maximum atomic E-state index is 11.9. The second kappa shape index (κ2) is 5.99. The molecule has 1 unspecified atom stereocenters. The molecule has 1 atom stereocenters. The van der Waals surface area contributed by atoms with E-state index in [9.17, 15) is 9.59 Å².